The van der Waals surface area contributed by atoms with Crippen molar-refractivity contribution < 1.29 is 19.4 Å². The Morgan fingerprint density at radius 3 is 2.84 bits per heavy atom. The van der Waals surface area contributed by atoms with Crippen LogP contribution in [0, 0.1) is 0 Å². The Hall–Kier alpha value is -2.53. The second-order valence-corrected chi connectivity index (χ2v) is 6.39. The van der Waals surface area contributed by atoms with Crippen LogP contribution in [-0.2, 0) is 16.0 Å². The van der Waals surface area contributed by atoms with E-state index in [0.717, 1.165) is 24.8 Å². The maximum absolute atomic E-state index is 12.1. The van der Waals surface area contributed by atoms with Crippen molar-refractivity contribution in [1.82, 2.24) is 5.32 Å². The maximum atomic E-state index is 12.1. The highest BCUT2D eigenvalue weighted by atomic mass is 35.5. The van der Waals surface area contributed by atoms with Crippen LogP contribution in [0.3, 0.4) is 0 Å². The Kier molecular flexibility index (Phi) is 5.24. The van der Waals surface area contributed by atoms with Gasteiger partial charge in [0.25, 0.3) is 5.91 Å². The van der Waals surface area contributed by atoms with Crippen LogP contribution in [0.5, 0.6) is 5.75 Å². The van der Waals surface area contributed by atoms with Crippen molar-refractivity contribution in [1.29, 1.82) is 0 Å². The van der Waals surface area contributed by atoms with Gasteiger partial charge in [-0.2, -0.15) is 0 Å². The van der Waals surface area contributed by atoms with Crippen molar-refractivity contribution >= 4 is 23.5 Å². The van der Waals surface area contributed by atoms with Gasteiger partial charge in [0.05, 0.1) is 6.04 Å². The Balaban J connectivity index is 1.58. The van der Waals surface area contributed by atoms with Crippen molar-refractivity contribution in [3.8, 4) is 5.75 Å². The van der Waals surface area contributed by atoms with Gasteiger partial charge in [-0.25, -0.2) is 4.79 Å². The molecule has 0 unspecified atom stereocenters. The van der Waals surface area contributed by atoms with Crippen LogP contribution in [0.4, 0.5) is 0 Å². The smallest absolute Gasteiger partial charge is 0.342 e. The van der Waals surface area contributed by atoms with Gasteiger partial charge < -0.3 is 15.2 Å². The van der Waals surface area contributed by atoms with Crippen LogP contribution in [0.15, 0.2) is 42.5 Å². The standard InChI is InChI=1S/C19H18ClNO4/c20-13-8-9-15(17(22)10-13)19(24)25-11-18(23)21-16-7-3-5-12-4-1-2-6-14(12)16/h1-2,4,6,8-10,16,22H,3,5,7,11H2,(H,21,23)/t16-/m0/s1. The Bertz CT molecular complexity index is 806. The van der Waals surface area contributed by atoms with Gasteiger partial charge in [-0.15, -0.1) is 0 Å². The molecule has 1 aliphatic carbocycles. The van der Waals surface area contributed by atoms with Gasteiger partial charge in [0.15, 0.2) is 6.61 Å². The summed E-state index contributed by atoms with van der Waals surface area (Å²) in [5.74, 6) is -1.42. The van der Waals surface area contributed by atoms with E-state index in [-0.39, 0.29) is 23.3 Å². The van der Waals surface area contributed by atoms with Gasteiger partial charge in [0.2, 0.25) is 0 Å². The molecule has 3 rings (SSSR count). The fourth-order valence-electron chi connectivity index (χ4n) is 3.03. The highest BCUT2D eigenvalue weighted by molar-refractivity contribution is 6.30. The Labute approximate surface area is 150 Å². The van der Waals surface area contributed by atoms with E-state index in [1.165, 1.54) is 23.8 Å². The van der Waals surface area contributed by atoms with Crippen molar-refractivity contribution in [2.75, 3.05) is 6.61 Å². The zero-order valence-corrected chi connectivity index (χ0v) is 14.3. The molecule has 2 N–H and O–H groups in total. The number of fused-ring (bicyclic) bond motifs is 1. The van der Waals surface area contributed by atoms with Gasteiger partial charge in [-0.1, -0.05) is 35.9 Å². The first-order valence-electron chi connectivity index (χ1n) is 8.07. The second-order valence-electron chi connectivity index (χ2n) is 5.95. The number of rotatable bonds is 4. The van der Waals surface area contributed by atoms with Crippen molar-refractivity contribution in [2.45, 2.75) is 25.3 Å². The molecule has 1 atom stereocenters. The third kappa shape index (κ3) is 4.12. The molecule has 1 aliphatic rings. The largest absolute Gasteiger partial charge is 0.507 e. The molecule has 0 radical (unpaired) electrons. The summed E-state index contributed by atoms with van der Waals surface area (Å²) in [6.07, 6.45) is 2.86. The third-order valence-electron chi connectivity index (χ3n) is 4.22. The molecule has 5 nitrogen and oxygen atoms in total. The summed E-state index contributed by atoms with van der Waals surface area (Å²) in [4.78, 5) is 24.1. The van der Waals surface area contributed by atoms with E-state index < -0.39 is 12.6 Å². The number of halogens is 1. The summed E-state index contributed by atoms with van der Waals surface area (Å²) in [7, 11) is 0. The number of aromatic hydroxyl groups is 1. The van der Waals surface area contributed by atoms with Gasteiger partial charge in [0, 0.05) is 5.02 Å². The SMILES string of the molecule is O=C(COC(=O)c1ccc(Cl)cc1O)N[C@H]1CCCc2ccccc21. The van der Waals surface area contributed by atoms with Crippen molar-refractivity contribution in [3.63, 3.8) is 0 Å². The number of hydrogen-bond acceptors (Lipinski definition) is 4. The highest BCUT2D eigenvalue weighted by Gasteiger charge is 2.22. The van der Waals surface area contributed by atoms with Gasteiger partial charge in [0.1, 0.15) is 11.3 Å². The number of benzene rings is 2. The molecule has 0 heterocycles. The first kappa shape index (κ1) is 17.3. The van der Waals surface area contributed by atoms with Crippen LogP contribution in [-0.4, -0.2) is 23.6 Å². The number of esters is 1. The minimum absolute atomic E-state index is 0.0276. The summed E-state index contributed by atoms with van der Waals surface area (Å²) in [6, 6.07) is 12.0. The molecule has 130 valence electrons. The van der Waals surface area contributed by atoms with Gasteiger partial charge in [-0.05, 0) is 48.6 Å². The average Bonchev–Trinajstić information content (AvgIpc) is 2.60. The summed E-state index contributed by atoms with van der Waals surface area (Å²) in [5, 5.41) is 12.9. The Morgan fingerprint density at radius 2 is 2.04 bits per heavy atom. The van der Waals surface area contributed by atoms with Crippen LogP contribution in [0.2, 0.25) is 5.02 Å². The van der Waals surface area contributed by atoms with Gasteiger partial charge >= 0.3 is 5.97 Å². The van der Waals surface area contributed by atoms with Crippen LogP contribution in [0.1, 0.15) is 40.4 Å². The monoisotopic (exact) mass is 359 g/mol. The average molecular weight is 360 g/mol. The fraction of sp³-hybridized carbons (Fsp3) is 0.263. The van der Waals surface area contributed by atoms with E-state index in [0.29, 0.717) is 5.02 Å². The number of nitrogens with one attached hydrogen (secondary N) is 1. The molecule has 6 heteroatoms. The normalized spacial score (nSPS) is 16.0. The van der Waals surface area contributed by atoms with Crippen molar-refractivity contribution in [2.24, 2.45) is 0 Å². The summed E-state index contributed by atoms with van der Waals surface area (Å²) in [5.41, 5.74) is 2.33. The van der Waals surface area contributed by atoms with Crippen molar-refractivity contribution in [3.05, 3.63) is 64.2 Å². The zero-order chi connectivity index (χ0) is 17.8. The number of ether oxygens (including phenoxy) is 1. The lowest BCUT2D eigenvalue weighted by atomic mass is 9.88. The van der Waals surface area contributed by atoms with E-state index in [1.54, 1.807) is 0 Å². The summed E-state index contributed by atoms with van der Waals surface area (Å²) >= 11 is 5.72. The lowest BCUT2D eigenvalue weighted by molar-refractivity contribution is -0.125. The maximum Gasteiger partial charge on any atom is 0.342 e. The first-order valence-corrected chi connectivity index (χ1v) is 8.45. The third-order valence-corrected chi connectivity index (χ3v) is 4.45. The van der Waals surface area contributed by atoms with E-state index in [1.807, 2.05) is 18.2 Å². The lowest BCUT2D eigenvalue weighted by Crippen LogP contribution is -2.34. The Morgan fingerprint density at radius 1 is 1.24 bits per heavy atom. The molecule has 0 aliphatic heterocycles. The lowest BCUT2D eigenvalue weighted by Gasteiger charge is -2.26. The highest BCUT2D eigenvalue weighted by Crippen LogP contribution is 2.29. The fourth-order valence-corrected chi connectivity index (χ4v) is 3.19. The van der Waals surface area contributed by atoms with Crippen LogP contribution >= 0.6 is 11.6 Å². The summed E-state index contributed by atoms with van der Waals surface area (Å²) in [6.45, 7) is -0.403. The van der Waals surface area contributed by atoms with E-state index >= 15 is 0 Å². The molecular formula is C19H18ClNO4. The molecule has 0 fully saturated rings. The molecule has 0 aromatic heterocycles. The number of carbonyl (C=O) groups excluding carboxylic acids is 2. The molecule has 0 spiro atoms. The van der Waals surface area contributed by atoms with Crippen LogP contribution in [0.25, 0.3) is 0 Å². The quantitative estimate of drug-likeness (QED) is 0.820. The van der Waals surface area contributed by atoms with E-state index in [2.05, 4.69) is 11.4 Å². The van der Waals surface area contributed by atoms with Crippen LogP contribution < -0.4 is 5.32 Å². The predicted octanol–water partition coefficient (Wildman–Crippen LogP) is 3.40. The van der Waals surface area contributed by atoms with E-state index in [4.69, 9.17) is 16.3 Å². The number of phenolic OH excluding ortho intramolecular Hbond substituents is 1. The molecule has 2 aromatic carbocycles. The molecule has 0 bridgehead atoms. The molecular weight excluding hydrogens is 342 g/mol. The minimum atomic E-state index is -0.770. The number of carbonyl (C=O) groups is 2. The number of hydrogen-bond donors (Lipinski definition) is 2. The number of phenols is 1. The second kappa shape index (κ2) is 7.57. The summed E-state index contributed by atoms with van der Waals surface area (Å²) < 4.78 is 4.99. The van der Waals surface area contributed by atoms with Gasteiger partial charge in [-0.3, -0.25) is 4.79 Å². The molecule has 25 heavy (non-hydrogen) atoms. The van der Waals surface area contributed by atoms with E-state index in [9.17, 15) is 14.7 Å². The number of amides is 1. The molecule has 0 saturated carbocycles. The number of aryl methyl sites for hydroxylation is 1. The molecule has 2 aromatic rings. The first-order chi connectivity index (χ1) is 12.0. The minimum Gasteiger partial charge on any atom is -0.507 e. The predicted molar refractivity (Wildman–Crippen MR) is 93.7 cm³/mol. The topological polar surface area (TPSA) is 75.6 Å². The zero-order valence-electron chi connectivity index (χ0n) is 13.5. The molecule has 0 saturated heterocycles. The molecule has 1 amide bonds.